The van der Waals surface area contributed by atoms with Crippen molar-refractivity contribution >= 4 is 16.7 Å². The van der Waals surface area contributed by atoms with E-state index in [0.717, 1.165) is 72.2 Å². The molecule has 2 aliphatic carbocycles. The summed E-state index contributed by atoms with van der Waals surface area (Å²) in [6.07, 6.45) is 5.10. The van der Waals surface area contributed by atoms with Crippen LogP contribution in [0.1, 0.15) is 77.8 Å². The number of ketones is 1. The first-order valence-electron chi connectivity index (χ1n) is 12.5. The van der Waals surface area contributed by atoms with Crippen LogP contribution in [0, 0.1) is 17.2 Å². The Balaban J connectivity index is 1.25. The van der Waals surface area contributed by atoms with Crippen LogP contribution < -0.4 is 0 Å². The van der Waals surface area contributed by atoms with Crippen molar-refractivity contribution in [3.8, 4) is 6.07 Å². The van der Waals surface area contributed by atoms with Crippen LogP contribution >= 0.6 is 0 Å². The molecule has 0 bridgehead atoms. The average Bonchev–Trinajstić information content (AvgIpc) is 3.63. The minimum absolute atomic E-state index is 0.0576. The van der Waals surface area contributed by atoms with Gasteiger partial charge in [-0.3, -0.25) is 4.79 Å². The Bertz CT molecular complexity index is 1350. The molecule has 1 saturated heterocycles. The summed E-state index contributed by atoms with van der Waals surface area (Å²) in [7, 11) is 0. The van der Waals surface area contributed by atoms with E-state index in [0.29, 0.717) is 11.5 Å². The van der Waals surface area contributed by atoms with E-state index in [1.807, 2.05) is 18.2 Å². The zero-order valence-electron chi connectivity index (χ0n) is 19.9. The van der Waals surface area contributed by atoms with Crippen molar-refractivity contribution in [2.75, 3.05) is 19.6 Å². The molecule has 3 aliphatic rings. The third-order valence-corrected chi connectivity index (χ3v) is 8.56. The summed E-state index contributed by atoms with van der Waals surface area (Å²) in [6, 6.07) is 14.0. The monoisotopic (exact) mass is 453 g/mol. The van der Waals surface area contributed by atoms with Crippen LogP contribution in [0.2, 0.25) is 0 Å². The molecule has 1 aliphatic heterocycles. The van der Waals surface area contributed by atoms with E-state index in [2.05, 4.69) is 41.9 Å². The zero-order valence-corrected chi connectivity index (χ0v) is 19.9. The number of aromatic nitrogens is 1. The molecule has 174 valence electrons. The second kappa shape index (κ2) is 7.53. The van der Waals surface area contributed by atoms with Crippen LogP contribution in [0.15, 0.2) is 36.4 Å². The smallest absolute Gasteiger partial charge is 0.195 e. The number of aromatic amines is 1. The first-order chi connectivity index (χ1) is 16.3. The molecule has 2 fully saturated rings. The van der Waals surface area contributed by atoms with Gasteiger partial charge in [0.1, 0.15) is 0 Å². The van der Waals surface area contributed by atoms with E-state index >= 15 is 0 Å². The van der Waals surface area contributed by atoms with Crippen molar-refractivity contribution in [3.05, 3.63) is 69.9 Å². The van der Waals surface area contributed by atoms with E-state index in [9.17, 15) is 15.2 Å². The number of benzene rings is 2. The van der Waals surface area contributed by atoms with Crippen molar-refractivity contribution in [2.24, 2.45) is 5.92 Å². The number of H-pyrrole nitrogens is 1. The average molecular weight is 454 g/mol. The van der Waals surface area contributed by atoms with Crippen molar-refractivity contribution < 1.29 is 9.90 Å². The molecule has 0 spiro atoms. The van der Waals surface area contributed by atoms with Crippen LogP contribution in [0.25, 0.3) is 10.9 Å². The number of aliphatic hydroxyl groups is 1. The summed E-state index contributed by atoms with van der Waals surface area (Å²) in [5.74, 6) is 0.596. The number of nitrogens with one attached hydrogen (secondary N) is 1. The van der Waals surface area contributed by atoms with Crippen LogP contribution in [0.4, 0.5) is 0 Å². The lowest BCUT2D eigenvalue weighted by atomic mass is 9.71. The third-order valence-electron chi connectivity index (χ3n) is 8.56. The molecular formula is C29H31N3O2. The highest BCUT2D eigenvalue weighted by Gasteiger charge is 2.45. The first kappa shape index (κ1) is 21.6. The minimum Gasteiger partial charge on any atom is -0.390 e. The lowest BCUT2D eigenvalue weighted by Gasteiger charge is -2.38. The Labute approximate surface area is 200 Å². The Morgan fingerprint density at radius 3 is 2.62 bits per heavy atom. The number of hydrogen-bond donors (Lipinski definition) is 2. The van der Waals surface area contributed by atoms with Gasteiger partial charge in [-0.15, -0.1) is 0 Å². The number of rotatable bonds is 4. The molecule has 2 aromatic carbocycles. The van der Waals surface area contributed by atoms with E-state index < -0.39 is 5.60 Å². The molecule has 2 N–H and O–H groups in total. The highest BCUT2D eigenvalue weighted by molar-refractivity contribution is 6.20. The molecule has 5 heteroatoms. The molecule has 5 nitrogen and oxygen atoms in total. The summed E-state index contributed by atoms with van der Waals surface area (Å²) in [5.41, 5.74) is 5.43. The van der Waals surface area contributed by atoms with E-state index in [-0.39, 0.29) is 11.2 Å². The Morgan fingerprint density at radius 1 is 1.15 bits per heavy atom. The van der Waals surface area contributed by atoms with Crippen molar-refractivity contribution in [3.63, 3.8) is 0 Å². The van der Waals surface area contributed by atoms with Gasteiger partial charge in [0.25, 0.3) is 0 Å². The van der Waals surface area contributed by atoms with Gasteiger partial charge in [-0.1, -0.05) is 38.1 Å². The Kier molecular flexibility index (Phi) is 4.78. The minimum atomic E-state index is -0.419. The number of hydrogen-bond acceptors (Lipinski definition) is 4. The molecule has 2 heterocycles. The first-order valence-corrected chi connectivity index (χ1v) is 12.5. The maximum atomic E-state index is 13.5. The Hall–Kier alpha value is -2.94. The molecule has 1 saturated carbocycles. The van der Waals surface area contributed by atoms with Gasteiger partial charge in [0.2, 0.25) is 0 Å². The van der Waals surface area contributed by atoms with Gasteiger partial charge in [-0.25, -0.2) is 0 Å². The van der Waals surface area contributed by atoms with Crippen molar-refractivity contribution in [1.29, 1.82) is 5.26 Å². The highest BCUT2D eigenvalue weighted by atomic mass is 16.3. The fourth-order valence-corrected chi connectivity index (χ4v) is 6.18. The molecule has 6 rings (SSSR count). The fourth-order valence-electron chi connectivity index (χ4n) is 6.18. The van der Waals surface area contributed by atoms with Crippen LogP contribution in [0.5, 0.6) is 0 Å². The van der Waals surface area contributed by atoms with Gasteiger partial charge < -0.3 is 15.0 Å². The van der Waals surface area contributed by atoms with Gasteiger partial charge in [-0.05, 0) is 61.3 Å². The maximum Gasteiger partial charge on any atom is 0.195 e. The SMILES string of the molecule is CC1(C)c2cc(CCN3CCC(O)(C4CC4)CC3)ccc2C(=O)c2c1[nH]c1cc(C#N)ccc21. The quantitative estimate of drug-likeness (QED) is 0.601. The molecule has 3 aromatic rings. The van der Waals surface area contributed by atoms with E-state index in [4.69, 9.17) is 0 Å². The normalized spacial score (nSPS) is 21.2. The van der Waals surface area contributed by atoms with Crippen LogP contribution in [-0.2, 0) is 11.8 Å². The van der Waals surface area contributed by atoms with Gasteiger partial charge in [0.05, 0.1) is 22.8 Å². The summed E-state index contributed by atoms with van der Waals surface area (Å²) < 4.78 is 0. The number of nitrogens with zero attached hydrogens (tertiary/aromatic N) is 2. The molecule has 1 aromatic heterocycles. The highest BCUT2D eigenvalue weighted by Crippen LogP contribution is 2.45. The molecule has 0 amide bonds. The number of likely N-dealkylation sites (tertiary alicyclic amines) is 1. The zero-order chi connectivity index (χ0) is 23.7. The fraction of sp³-hybridized carbons (Fsp3) is 0.448. The second-order valence-corrected chi connectivity index (χ2v) is 11.1. The predicted octanol–water partition coefficient (Wildman–Crippen LogP) is 4.69. The van der Waals surface area contributed by atoms with Crippen LogP contribution in [0.3, 0.4) is 0 Å². The number of carbonyl (C=O) groups excluding carboxylic acids is 1. The topological polar surface area (TPSA) is 80.1 Å². The maximum absolute atomic E-state index is 13.5. The molecule has 0 atom stereocenters. The lowest BCUT2D eigenvalue weighted by Crippen LogP contribution is -2.46. The summed E-state index contributed by atoms with van der Waals surface area (Å²) in [6.45, 7) is 7.24. The number of nitriles is 1. The van der Waals surface area contributed by atoms with Gasteiger partial charge >= 0.3 is 0 Å². The summed E-state index contributed by atoms with van der Waals surface area (Å²) in [5, 5.41) is 21.0. The van der Waals surface area contributed by atoms with Gasteiger partial charge in [0, 0.05) is 47.2 Å². The molecule has 34 heavy (non-hydrogen) atoms. The lowest BCUT2D eigenvalue weighted by molar-refractivity contribution is -0.0386. The van der Waals surface area contributed by atoms with Crippen molar-refractivity contribution in [2.45, 2.75) is 57.0 Å². The predicted molar refractivity (Wildman–Crippen MR) is 132 cm³/mol. The standard InChI is InChI=1S/C29H31N3O2/c1-28(2)23-15-18(9-12-32-13-10-29(34,11-14-32)20-5-6-20)3-7-21(23)26(33)25-22-8-4-19(17-30)16-24(22)31-27(25)28/h3-4,7-8,15-16,20,31,34H,5-6,9-14H2,1-2H3. The molecule has 0 radical (unpaired) electrons. The number of piperidine rings is 1. The third kappa shape index (κ3) is 3.32. The summed E-state index contributed by atoms with van der Waals surface area (Å²) in [4.78, 5) is 19.5. The van der Waals surface area contributed by atoms with Crippen molar-refractivity contribution in [1.82, 2.24) is 9.88 Å². The largest absolute Gasteiger partial charge is 0.390 e. The molecule has 0 unspecified atom stereocenters. The Morgan fingerprint density at radius 2 is 1.91 bits per heavy atom. The van der Waals surface area contributed by atoms with E-state index in [1.54, 1.807) is 6.07 Å². The molecular weight excluding hydrogens is 422 g/mol. The number of carbonyl (C=O) groups is 1. The second-order valence-electron chi connectivity index (χ2n) is 11.1. The van der Waals surface area contributed by atoms with E-state index in [1.165, 1.54) is 18.4 Å². The van der Waals surface area contributed by atoms with Crippen LogP contribution in [-0.4, -0.2) is 46.0 Å². The van der Waals surface area contributed by atoms with Gasteiger partial charge in [-0.2, -0.15) is 5.26 Å². The number of fused-ring (bicyclic) bond motifs is 4. The van der Waals surface area contributed by atoms with Gasteiger partial charge in [0.15, 0.2) is 5.78 Å². The summed E-state index contributed by atoms with van der Waals surface area (Å²) >= 11 is 0.